The van der Waals surface area contributed by atoms with Crippen molar-refractivity contribution in [2.75, 3.05) is 27.2 Å². The van der Waals surface area contributed by atoms with Gasteiger partial charge in [-0.1, -0.05) is 6.07 Å². The minimum atomic E-state index is -0.455. The van der Waals surface area contributed by atoms with Gasteiger partial charge in [0, 0.05) is 36.7 Å². The number of nitrogens with zero attached hydrogens (tertiary/aromatic N) is 4. The first-order valence-electron chi connectivity index (χ1n) is 9.18. The zero-order valence-corrected chi connectivity index (χ0v) is 17.5. The number of non-ortho nitro benzene ring substituents is 1. The van der Waals surface area contributed by atoms with Gasteiger partial charge in [0.2, 0.25) is 11.8 Å². The number of nitrogens with one attached hydrogen (secondary N) is 2. The van der Waals surface area contributed by atoms with Crippen LogP contribution in [0.1, 0.15) is 26.2 Å². The van der Waals surface area contributed by atoms with Crippen LogP contribution in [0.25, 0.3) is 11.5 Å². The molecule has 0 unspecified atom stereocenters. The van der Waals surface area contributed by atoms with Crippen LogP contribution in [-0.4, -0.2) is 58.4 Å². The number of nitro benzene ring substituents is 1. The molecule has 0 saturated carbocycles. The van der Waals surface area contributed by atoms with Crippen molar-refractivity contribution in [1.82, 2.24) is 20.4 Å². The van der Waals surface area contributed by atoms with E-state index in [1.54, 1.807) is 12.1 Å². The molecule has 0 radical (unpaired) electrons. The lowest BCUT2D eigenvalue weighted by Gasteiger charge is -2.28. The Balaban J connectivity index is 2.03. The van der Waals surface area contributed by atoms with Gasteiger partial charge in [-0.05, 0) is 32.1 Å². The highest BCUT2D eigenvalue weighted by molar-refractivity contribution is 7.80. The SMILES string of the molecule is CC(C)N(Cc1nnc(-c2cccc([N+](=O)[O-])c2)o1)C(=S)NCCC[NH+](C)C. The maximum atomic E-state index is 10.9. The summed E-state index contributed by atoms with van der Waals surface area (Å²) in [5, 5.41) is 22.9. The molecule has 2 rings (SSSR count). The van der Waals surface area contributed by atoms with E-state index in [4.69, 9.17) is 16.6 Å². The highest BCUT2D eigenvalue weighted by atomic mass is 32.1. The molecular formula is C18H27N6O3S+. The molecule has 0 saturated heterocycles. The van der Waals surface area contributed by atoms with E-state index in [9.17, 15) is 10.1 Å². The third kappa shape index (κ3) is 6.24. The lowest BCUT2D eigenvalue weighted by atomic mass is 10.2. The van der Waals surface area contributed by atoms with Gasteiger partial charge < -0.3 is 19.5 Å². The molecule has 1 aromatic heterocycles. The molecule has 0 fully saturated rings. The topological polar surface area (TPSA) is 102 Å². The van der Waals surface area contributed by atoms with Gasteiger partial charge in [-0.25, -0.2) is 0 Å². The number of hydrogen-bond acceptors (Lipinski definition) is 6. The maximum absolute atomic E-state index is 10.9. The van der Waals surface area contributed by atoms with Crippen LogP contribution in [0.4, 0.5) is 5.69 Å². The summed E-state index contributed by atoms with van der Waals surface area (Å²) >= 11 is 5.52. The average Bonchev–Trinajstić information content (AvgIpc) is 3.11. The van der Waals surface area contributed by atoms with Crippen LogP contribution in [0.15, 0.2) is 28.7 Å². The van der Waals surface area contributed by atoms with Gasteiger partial charge in [0.25, 0.3) is 5.69 Å². The Morgan fingerprint density at radius 2 is 2.14 bits per heavy atom. The number of benzene rings is 1. The summed E-state index contributed by atoms with van der Waals surface area (Å²) in [6, 6.07) is 6.27. The van der Waals surface area contributed by atoms with Crippen LogP contribution in [0.5, 0.6) is 0 Å². The quantitative estimate of drug-likeness (QED) is 0.277. The fraction of sp³-hybridized carbons (Fsp3) is 0.500. The summed E-state index contributed by atoms with van der Waals surface area (Å²) in [6.45, 7) is 6.31. The zero-order valence-electron chi connectivity index (χ0n) is 16.6. The standard InChI is InChI=1S/C18H26N6O3S/c1-13(2)23(18(28)19-9-6-10-22(3)4)12-16-20-21-17(27-16)14-7-5-8-15(11-14)24(25)26/h5,7-8,11,13H,6,9-10,12H2,1-4H3,(H,19,28)/p+1. The van der Waals surface area contributed by atoms with Crippen molar-refractivity contribution in [3.8, 4) is 11.5 Å². The fourth-order valence-electron chi connectivity index (χ4n) is 2.56. The van der Waals surface area contributed by atoms with Crippen molar-refractivity contribution in [2.45, 2.75) is 32.9 Å². The Labute approximate surface area is 169 Å². The smallest absolute Gasteiger partial charge is 0.270 e. The van der Waals surface area contributed by atoms with Gasteiger partial charge in [-0.15, -0.1) is 10.2 Å². The van der Waals surface area contributed by atoms with E-state index >= 15 is 0 Å². The zero-order chi connectivity index (χ0) is 20.7. The molecule has 1 aromatic carbocycles. The van der Waals surface area contributed by atoms with Crippen LogP contribution in [0, 0.1) is 10.1 Å². The van der Waals surface area contributed by atoms with Crippen LogP contribution < -0.4 is 10.2 Å². The number of thiocarbonyl (C=S) groups is 1. The van der Waals surface area contributed by atoms with Gasteiger partial charge in [0.15, 0.2) is 5.11 Å². The van der Waals surface area contributed by atoms with Crippen LogP contribution in [-0.2, 0) is 6.54 Å². The van der Waals surface area contributed by atoms with E-state index in [0.717, 1.165) is 19.5 Å². The van der Waals surface area contributed by atoms with Gasteiger partial charge in [0.1, 0.15) is 0 Å². The van der Waals surface area contributed by atoms with Crippen LogP contribution in [0.2, 0.25) is 0 Å². The third-order valence-corrected chi connectivity index (χ3v) is 4.47. The summed E-state index contributed by atoms with van der Waals surface area (Å²) in [5.41, 5.74) is 0.488. The lowest BCUT2D eigenvalue weighted by molar-refractivity contribution is -0.858. The van der Waals surface area contributed by atoms with E-state index in [1.807, 2.05) is 18.7 Å². The van der Waals surface area contributed by atoms with Crippen molar-refractivity contribution in [3.63, 3.8) is 0 Å². The molecule has 28 heavy (non-hydrogen) atoms. The first kappa shape index (κ1) is 21.7. The first-order chi connectivity index (χ1) is 13.3. The van der Waals surface area contributed by atoms with Crippen molar-refractivity contribution in [3.05, 3.63) is 40.3 Å². The summed E-state index contributed by atoms with van der Waals surface area (Å²) < 4.78 is 5.72. The molecule has 0 aliphatic heterocycles. The van der Waals surface area contributed by atoms with Gasteiger partial charge in [-0.2, -0.15) is 0 Å². The van der Waals surface area contributed by atoms with Gasteiger partial charge in [0.05, 0.1) is 32.1 Å². The Kier molecular flexibility index (Phi) is 7.82. The minimum Gasteiger partial charge on any atom is -0.419 e. The van der Waals surface area contributed by atoms with E-state index in [1.165, 1.54) is 17.0 Å². The molecule has 0 bridgehead atoms. The molecule has 0 aliphatic rings. The lowest BCUT2D eigenvalue weighted by Crippen LogP contribution is -3.05. The summed E-state index contributed by atoms with van der Waals surface area (Å²) in [6.07, 6.45) is 1.02. The molecule has 0 amide bonds. The highest BCUT2D eigenvalue weighted by Crippen LogP contribution is 2.23. The Morgan fingerprint density at radius 1 is 1.39 bits per heavy atom. The van der Waals surface area contributed by atoms with Crippen molar-refractivity contribution >= 4 is 23.0 Å². The number of rotatable bonds is 9. The molecule has 0 aliphatic carbocycles. The summed E-state index contributed by atoms with van der Waals surface area (Å²) in [7, 11) is 4.24. The predicted octanol–water partition coefficient (Wildman–Crippen LogP) is 1.26. The number of aromatic nitrogens is 2. The first-order valence-corrected chi connectivity index (χ1v) is 9.59. The second-order valence-corrected chi connectivity index (χ2v) is 7.46. The van der Waals surface area contributed by atoms with Gasteiger partial charge >= 0.3 is 0 Å². The maximum Gasteiger partial charge on any atom is 0.270 e. The molecule has 152 valence electrons. The fourth-order valence-corrected chi connectivity index (χ4v) is 2.94. The largest absolute Gasteiger partial charge is 0.419 e. The molecule has 0 spiro atoms. The number of hydrogen-bond donors (Lipinski definition) is 2. The number of quaternary nitrogens is 1. The third-order valence-electron chi connectivity index (χ3n) is 4.09. The molecule has 10 heteroatoms. The van der Waals surface area contributed by atoms with Crippen molar-refractivity contribution in [1.29, 1.82) is 0 Å². The monoisotopic (exact) mass is 407 g/mol. The predicted molar refractivity (Wildman–Crippen MR) is 110 cm³/mol. The number of nitro groups is 1. The highest BCUT2D eigenvalue weighted by Gasteiger charge is 2.19. The second-order valence-electron chi connectivity index (χ2n) is 7.07. The van der Waals surface area contributed by atoms with Crippen LogP contribution in [0.3, 0.4) is 0 Å². The Bertz CT molecular complexity index is 808. The molecule has 9 nitrogen and oxygen atoms in total. The molecule has 2 aromatic rings. The van der Waals surface area contributed by atoms with Gasteiger partial charge in [-0.3, -0.25) is 10.1 Å². The molecular weight excluding hydrogens is 380 g/mol. The average molecular weight is 408 g/mol. The summed E-state index contributed by atoms with van der Waals surface area (Å²) in [4.78, 5) is 13.9. The molecule has 0 atom stereocenters. The molecule has 2 N–H and O–H groups in total. The second kappa shape index (κ2) is 10.1. The Hall–Kier alpha value is -2.59. The molecule has 1 heterocycles. The van der Waals surface area contributed by atoms with Crippen LogP contribution >= 0.6 is 12.2 Å². The van der Waals surface area contributed by atoms with Crippen molar-refractivity contribution in [2.24, 2.45) is 0 Å². The van der Waals surface area contributed by atoms with E-state index in [0.29, 0.717) is 23.1 Å². The van der Waals surface area contributed by atoms with E-state index < -0.39 is 4.92 Å². The Morgan fingerprint density at radius 3 is 2.79 bits per heavy atom. The summed E-state index contributed by atoms with van der Waals surface area (Å²) in [5.74, 6) is 0.646. The van der Waals surface area contributed by atoms with E-state index in [-0.39, 0.29) is 17.6 Å². The van der Waals surface area contributed by atoms with E-state index in [2.05, 4.69) is 29.6 Å². The van der Waals surface area contributed by atoms with Crippen molar-refractivity contribution < 1.29 is 14.2 Å². The normalized spacial score (nSPS) is 11.1. The minimum absolute atomic E-state index is 0.0222.